The summed E-state index contributed by atoms with van der Waals surface area (Å²) in [5.74, 6) is -0.120. The molecular weight excluding hydrogens is 480 g/mol. The summed E-state index contributed by atoms with van der Waals surface area (Å²) in [5.41, 5.74) is 0.711. The van der Waals surface area contributed by atoms with Crippen LogP contribution < -0.4 is 16.6 Å². The first-order valence-electron chi connectivity index (χ1n) is 13.9. The molecule has 2 aliphatic rings. The van der Waals surface area contributed by atoms with Gasteiger partial charge in [-0.15, -0.1) is 0 Å². The molecule has 1 saturated carbocycles. The van der Waals surface area contributed by atoms with Crippen molar-refractivity contribution in [2.24, 2.45) is 0 Å². The Bertz CT molecular complexity index is 1410. The highest BCUT2D eigenvalue weighted by molar-refractivity contribution is 5.82. The third kappa shape index (κ3) is 5.74. The highest BCUT2D eigenvalue weighted by Crippen LogP contribution is 2.18. The van der Waals surface area contributed by atoms with Crippen molar-refractivity contribution in [3.05, 3.63) is 74.9 Å². The average molecular weight is 517 g/mol. The van der Waals surface area contributed by atoms with Crippen LogP contribution in [0.1, 0.15) is 63.4 Å². The highest BCUT2D eigenvalue weighted by atomic mass is 16.2. The predicted octanol–water partition coefficient (Wildman–Crippen LogP) is 3.55. The molecule has 1 saturated heterocycles. The van der Waals surface area contributed by atoms with E-state index < -0.39 is 11.2 Å². The van der Waals surface area contributed by atoms with Crippen molar-refractivity contribution >= 4 is 22.7 Å². The summed E-state index contributed by atoms with van der Waals surface area (Å²) < 4.78 is 2.50. The molecule has 8 nitrogen and oxygen atoms in total. The van der Waals surface area contributed by atoms with Gasteiger partial charge in [0.15, 0.2) is 0 Å². The smallest absolute Gasteiger partial charge is 0.336 e. The van der Waals surface area contributed by atoms with Crippen LogP contribution in [0.25, 0.3) is 16.6 Å². The zero-order valence-corrected chi connectivity index (χ0v) is 21.9. The van der Waals surface area contributed by atoms with E-state index >= 15 is 0 Å². The number of nitrogens with one attached hydrogen (secondary N) is 1. The number of carbonyl (C=O) groups excluding carboxylic acids is 2. The molecule has 2 fully saturated rings. The van der Waals surface area contributed by atoms with Crippen molar-refractivity contribution in [3.63, 3.8) is 0 Å². The summed E-state index contributed by atoms with van der Waals surface area (Å²) in [5, 5.41) is 3.44. The van der Waals surface area contributed by atoms with E-state index in [0.29, 0.717) is 23.0 Å². The molecule has 5 rings (SSSR count). The van der Waals surface area contributed by atoms with E-state index in [4.69, 9.17) is 0 Å². The molecule has 8 heteroatoms. The molecule has 38 heavy (non-hydrogen) atoms. The molecule has 200 valence electrons. The first-order valence-corrected chi connectivity index (χ1v) is 13.9. The maximum atomic E-state index is 13.6. The van der Waals surface area contributed by atoms with Gasteiger partial charge in [0.05, 0.1) is 23.0 Å². The number of hydrogen-bond acceptors (Lipinski definition) is 4. The largest absolute Gasteiger partial charge is 0.352 e. The topological polar surface area (TPSA) is 93.4 Å². The average Bonchev–Trinajstić information content (AvgIpc) is 3.23. The van der Waals surface area contributed by atoms with Gasteiger partial charge in [0.2, 0.25) is 11.8 Å². The van der Waals surface area contributed by atoms with Gasteiger partial charge in [0, 0.05) is 19.1 Å². The number of likely N-dealkylation sites (tertiary alicyclic amines) is 1. The number of nitrogens with zero attached hydrogens (tertiary/aromatic N) is 3. The highest BCUT2D eigenvalue weighted by Gasteiger charge is 2.20. The van der Waals surface area contributed by atoms with Crippen LogP contribution in [0.3, 0.4) is 0 Å². The fraction of sp³-hybridized carbons (Fsp3) is 0.467. The van der Waals surface area contributed by atoms with E-state index in [1.165, 1.54) is 23.8 Å². The molecule has 3 aromatic rings. The number of aromatic nitrogens is 2. The molecule has 0 spiro atoms. The Hall–Kier alpha value is -3.68. The Morgan fingerprint density at radius 1 is 0.816 bits per heavy atom. The fourth-order valence-corrected chi connectivity index (χ4v) is 5.73. The minimum absolute atomic E-state index is 0.105. The lowest BCUT2D eigenvalue weighted by molar-refractivity contribution is -0.130. The maximum absolute atomic E-state index is 13.6. The van der Waals surface area contributed by atoms with E-state index in [9.17, 15) is 19.2 Å². The van der Waals surface area contributed by atoms with Crippen LogP contribution in [0.2, 0.25) is 0 Å². The van der Waals surface area contributed by atoms with Crippen LogP contribution in [0.4, 0.5) is 0 Å². The third-order valence-corrected chi connectivity index (χ3v) is 7.83. The van der Waals surface area contributed by atoms with Gasteiger partial charge in [-0.05, 0) is 55.5 Å². The van der Waals surface area contributed by atoms with Gasteiger partial charge in [-0.1, -0.05) is 56.4 Å². The number of para-hydroxylation sites is 1. The lowest BCUT2D eigenvalue weighted by Gasteiger charge is -2.23. The van der Waals surface area contributed by atoms with E-state index in [2.05, 4.69) is 5.32 Å². The summed E-state index contributed by atoms with van der Waals surface area (Å²) in [6.45, 7) is 1.45. The van der Waals surface area contributed by atoms with Gasteiger partial charge in [-0.3, -0.25) is 19.0 Å². The zero-order valence-electron chi connectivity index (χ0n) is 21.9. The van der Waals surface area contributed by atoms with Crippen molar-refractivity contribution in [2.45, 2.75) is 76.8 Å². The Balaban J connectivity index is 1.41. The van der Waals surface area contributed by atoms with Crippen LogP contribution in [0, 0.1) is 0 Å². The monoisotopic (exact) mass is 516 g/mol. The Morgan fingerprint density at radius 2 is 1.47 bits per heavy atom. The van der Waals surface area contributed by atoms with E-state index in [-0.39, 0.29) is 24.4 Å². The van der Waals surface area contributed by atoms with Gasteiger partial charge in [0.1, 0.15) is 6.54 Å². The lowest BCUT2D eigenvalue weighted by atomic mass is 9.95. The quantitative estimate of drug-likeness (QED) is 0.542. The first-order chi connectivity index (χ1) is 18.5. The third-order valence-electron chi connectivity index (χ3n) is 7.83. The first kappa shape index (κ1) is 25.9. The number of carbonyl (C=O) groups is 2. The maximum Gasteiger partial charge on any atom is 0.336 e. The Labute approximate surface area is 222 Å². The number of hydrogen-bond donors (Lipinski definition) is 1. The number of amides is 2. The molecule has 0 unspecified atom stereocenters. The normalized spacial score (nSPS) is 16.8. The number of benzene rings is 2. The van der Waals surface area contributed by atoms with Gasteiger partial charge in [0.25, 0.3) is 5.56 Å². The van der Waals surface area contributed by atoms with Crippen LogP contribution in [-0.4, -0.2) is 45.0 Å². The minimum atomic E-state index is -0.555. The van der Waals surface area contributed by atoms with Crippen LogP contribution in [0.15, 0.2) is 58.1 Å². The molecule has 2 amide bonds. The summed E-state index contributed by atoms with van der Waals surface area (Å²) >= 11 is 0. The standard InChI is InChI=1S/C30H36N4O4/c35-27(31-23-10-4-3-5-11-23)21-33-26-13-7-6-12-25(26)29(37)34(30(33)38)24-16-14-22(15-17-24)20-28(36)32-18-8-1-2-9-19-32/h6-7,12-17,23H,1-5,8-11,18-21H2,(H,31,35). The summed E-state index contributed by atoms with van der Waals surface area (Å²) in [7, 11) is 0. The Kier molecular flexibility index (Phi) is 8.05. The predicted molar refractivity (Wildman–Crippen MR) is 148 cm³/mol. The van der Waals surface area contributed by atoms with Gasteiger partial charge in [-0.2, -0.15) is 0 Å². The van der Waals surface area contributed by atoms with Crippen molar-refractivity contribution in [1.82, 2.24) is 19.4 Å². The Morgan fingerprint density at radius 3 is 2.18 bits per heavy atom. The molecule has 1 aromatic heterocycles. The SMILES string of the molecule is O=C(Cn1c(=O)n(-c2ccc(CC(=O)N3CCCCCC3)cc2)c(=O)c2ccccc21)NC1CCCCC1. The van der Waals surface area contributed by atoms with Crippen LogP contribution >= 0.6 is 0 Å². The molecule has 0 atom stereocenters. The molecule has 2 aromatic carbocycles. The second kappa shape index (κ2) is 11.8. The summed E-state index contributed by atoms with van der Waals surface area (Å²) in [6, 6.07) is 14.0. The number of fused-ring (bicyclic) bond motifs is 1. The van der Waals surface area contributed by atoms with E-state index in [0.717, 1.165) is 61.7 Å². The molecule has 0 radical (unpaired) electrons. The van der Waals surface area contributed by atoms with Gasteiger partial charge in [-0.25, -0.2) is 9.36 Å². The minimum Gasteiger partial charge on any atom is -0.352 e. The van der Waals surface area contributed by atoms with Crippen molar-refractivity contribution in [2.75, 3.05) is 13.1 Å². The van der Waals surface area contributed by atoms with Gasteiger partial charge >= 0.3 is 5.69 Å². The zero-order chi connectivity index (χ0) is 26.5. The van der Waals surface area contributed by atoms with E-state index in [1.54, 1.807) is 48.5 Å². The molecule has 1 aliphatic carbocycles. The van der Waals surface area contributed by atoms with Crippen molar-refractivity contribution in [1.29, 1.82) is 0 Å². The summed E-state index contributed by atoms with van der Waals surface area (Å²) in [6.07, 6.45) is 9.99. The molecule has 1 aliphatic heterocycles. The second-order valence-electron chi connectivity index (χ2n) is 10.6. The lowest BCUT2D eigenvalue weighted by Crippen LogP contribution is -2.44. The van der Waals surface area contributed by atoms with Crippen molar-refractivity contribution < 1.29 is 9.59 Å². The second-order valence-corrected chi connectivity index (χ2v) is 10.6. The van der Waals surface area contributed by atoms with Crippen LogP contribution in [0.5, 0.6) is 0 Å². The van der Waals surface area contributed by atoms with Gasteiger partial charge < -0.3 is 10.2 Å². The van der Waals surface area contributed by atoms with E-state index in [1.807, 2.05) is 4.90 Å². The molecular formula is C30H36N4O4. The molecule has 0 bridgehead atoms. The van der Waals surface area contributed by atoms with Crippen molar-refractivity contribution in [3.8, 4) is 5.69 Å². The molecule has 2 heterocycles. The fourth-order valence-electron chi connectivity index (χ4n) is 5.73. The summed E-state index contributed by atoms with van der Waals surface area (Å²) in [4.78, 5) is 54.7. The molecule has 1 N–H and O–H groups in total. The number of rotatable bonds is 6. The van der Waals surface area contributed by atoms with Crippen LogP contribution in [-0.2, 0) is 22.6 Å².